The van der Waals surface area contributed by atoms with Crippen LogP contribution in [0.25, 0.3) is 0 Å². The highest BCUT2D eigenvalue weighted by Crippen LogP contribution is 2.25. The number of nitrogens with two attached hydrogens (primary N) is 1. The molecule has 1 atom stereocenters. The van der Waals surface area contributed by atoms with Crippen LogP contribution in [-0.2, 0) is 12.1 Å². The first-order valence-corrected chi connectivity index (χ1v) is 5.27. The largest absolute Gasteiger partial charge is 0.382 e. The maximum absolute atomic E-state index is 13.7. The van der Waals surface area contributed by atoms with Gasteiger partial charge in [-0.05, 0) is 6.07 Å². The first-order valence-electron chi connectivity index (χ1n) is 5.27. The Morgan fingerprint density at radius 3 is 2.72 bits per heavy atom. The van der Waals surface area contributed by atoms with Gasteiger partial charge >= 0.3 is 0 Å². The summed E-state index contributed by atoms with van der Waals surface area (Å²) in [4.78, 5) is 0. The summed E-state index contributed by atoms with van der Waals surface area (Å²) in [5, 5.41) is 17.6. The molecule has 5 nitrogen and oxygen atoms in total. The Kier molecular flexibility index (Phi) is 3.35. The van der Waals surface area contributed by atoms with E-state index in [1.807, 2.05) is 0 Å². The van der Waals surface area contributed by atoms with Gasteiger partial charge in [0.1, 0.15) is 17.2 Å². The molecule has 96 valence electrons. The van der Waals surface area contributed by atoms with E-state index in [0.717, 1.165) is 6.07 Å². The van der Waals surface area contributed by atoms with Gasteiger partial charge in [0.15, 0.2) is 0 Å². The van der Waals surface area contributed by atoms with Crippen molar-refractivity contribution in [2.24, 2.45) is 5.73 Å². The summed E-state index contributed by atoms with van der Waals surface area (Å²) < 4.78 is 27.8. The number of nitrogens with zero attached hydrogens (tertiary/aromatic N) is 3. The fourth-order valence-corrected chi connectivity index (χ4v) is 1.71. The lowest BCUT2D eigenvalue weighted by Crippen LogP contribution is -2.40. The topological polar surface area (TPSA) is 77.0 Å². The molecule has 0 amide bonds. The second-order valence-electron chi connectivity index (χ2n) is 3.96. The molecule has 3 N–H and O–H groups in total. The van der Waals surface area contributed by atoms with E-state index in [9.17, 15) is 13.9 Å². The molecule has 0 aliphatic carbocycles. The van der Waals surface area contributed by atoms with Crippen LogP contribution < -0.4 is 5.73 Å². The number of hydrogen-bond acceptors (Lipinski definition) is 4. The molecule has 0 aliphatic heterocycles. The van der Waals surface area contributed by atoms with E-state index in [-0.39, 0.29) is 18.7 Å². The Bertz CT molecular complexity index is 532. The molecule has 1 unspecified atom stereocenters. The summed E-state index contributed by atoms with van der Waals surface area (Å²) in [6.45, 7) is -0.290. The first kappa shape index (κ1) is 12.6. The molecule has 0 fully saturated rings. The molecule has 0 radical (unpaired) electrons. The maximum Gasteiger partial charge on any atom is 0.132 e. The van der Waals surface area contributed by atoms with E-state index in [0.29, 0.717) is 6.07 Å². The first-order chi connectivity index (χ1) is 8.55. The second-order valence-corrected chi connectivity index (χ2v) is 3.96. The van der Waals surface area contributed by atoms with Gasteiger partial charge in [-0.3, -0.25) is 0 Å². The van der Waals surface area contributed by atoms with Gasteiger partial charge in [-0.25, -0.2) is 13.5 Å². The van der Waals surface area contributed by atoms with E-state index >= 15 is 0 Å². The predicted molar refractivity (Wildman–Crippen MR) is 59.3 cm³/mol. The molecule has 0 saturated heterocycles. The van der Waals surface area contributed by atoms with Crippen LogP contribution in [0.1, 0.15) is 5.56 Å². The van der Waals surface area contributed by atoms with E-state index < -0.39 is 17.2 Å². The highest BCUT2D eigenvalue weighted by atomic mass is 19.1. The van der Waals surface area contributed by atoms with Crippen molar-refractivity contribution in [3.8, 4) is 0 Å². The quantitative estimate of drug-likeness (QED) is 0.828. The number of benzene rings is 1. The molecule has 0 saturated carbocycles. The van der Waals surface area contributed by atoms with Crippen molar-refractivity contribution in [2.75, 3.05) is 6.54 Å². The number of aliphatic hydroxyl groups is 1. The standard InChI is InChI=1S/C11H12F2N4O/c12-8-1-2-9(10(13)5-8)11(18,6-14)7-17-4-3-15-16-17/h1-5,18H,6-7,14H2. The molecule has 2 aromatic rings. The predicted octanol–water partition coefficient (Wildman–Crippen LogP) is 0.403. The van der Waals surface area contributed by atoms with Crippen LogP contribution in [-0.4, -0.2) is 26.6 Å². The van der Waals surface area contributed by atoms with Gasteiger partial charge in [0.25, 0.3) is 0 Å². The minimum Gasteiger partial charge on any atom is -0.382 e. The minimum absolute atomic E-state index is 0.0634. The van der Waals surface area contributed by atoms with Gasteiger partial charge in [0.05, 0.1) is 12.7 Å². The molecule has 1 aromatic heterocycles. The van der Waals surface area contributed by atoms with Gasteiger partial charge in [-0.2, -0.15) is 0 Å². The summed E-state index contributed by atoms with van der Waals surface area (Å²) >= 11 is 0. The Hall–Kier alpha value is -1.86. The molecule has 0 aliphatic rings. The van der Waals surface area contributed by atoms with Gasteiger partial charge < -0.3 is 10.8 Å². The van der Waals surface area contributed by atoms with Crippen molar-refractivity contribution >= 4 is 0 Å². The van der Waals surface area contributed by atoms with Crippen LogP contribution in [0.4, 0.5) is 8.78 Å². The number of halogens is 2. The molecule has 2 rings (SSSR count). The van der Waals surface area contributed by atoms with Crippen molar-refractivity contribution < 1.29 is 13.9 Å². The zero-order valence-corrected chi connectivity index (χ0v) is 9.42. The smallest absolute Gasteiger partial charge is 0.132 e. The summed E-state index contributed by atoms with van der Waals surface area (Å²) in [6.07, 6.45) is 2.94. The van der Waals surface area contributed by atoms with Crippen molar-refractivity contribution in [3.63, 3.8) is 0 Å². The molecular weight excluding hydrogens is 242 g/mol. The Morgan fingerprint density at radius 1 is 1.39 bits per heavy atom. The highest BCUT2D eigenvalue weighted by Gasteiger charge is 2.31. The van der Waals surface area contributed by atoms with Crippen LogP contribution in [0.3, 0.4) is 0 Å². The third-order valence-corrected chi connectivity index (χ3v) is 2.67. The second kappa shape index (κ2) is 4.79. The number of aromatic nitrogens is 3. The third-order valence-electron chi connectivity index (χ3n) is 2.67. The third kappa shape index (κ3) is 2.36. The van der Waals surface area contributed by atoms with Crippen LogP contribution in [0.2, 0.25) is 0 Å². The average Bonchev–Trinajstić information content (AvgIpc) is 2.81. The van der Waals surface area contributed by atoms with Gasteiger partial charge in [0.2, 0.25) is 0 Å². The van der Waals surface area contributed by atoms with E-state index in [2.05, 4.69) is 10.3 Å². The van der Waals surface area contributed by atoms with Crippen LogP contribution >= 0.6 is 0 Å². The SMILES string of the molecule is NCC(O)(Cn1ccnn1)c1ccc(F)cc1F. The Labute approximate surface area is 102 Å². The maximum atomic E-state index is 13.7. The molecule has 7 heteroatoms. The highest BCUT2D eigenvalue weighted by molar-refractivity contribution is 5.25. The summed E-state index contributed by atoms with van der Waals surface area (Å²) in [5.74, 6) is -1.56. The van der Waals surface area contributed by atoms with Crippen LogP contribution in [0.5, 0.6) is 0 Å². The lowest BCUT2D eigenvalue weighted by Gasteiger charge is -2.27. The fourth-order valence-electron chi connectivity index (χ4n) is 1.71. The lowest BCUT2D eigenvalue weighted by molar-refractivity contribution is 0.0200. The molecule has 18 heavy (non-hydrogen) atoms. The molecule has 1 heterocycles. The van der Waals surface area contributed by atoms with Crippen molar-refractivity contribution in [2.45, 2.75) is 12.1 Å². The van der Waals surface area contributed by atoms with Gasteiger partial charge in [-0.15, -0.1) is 5.10 Å². The summed E-state index contributed by atoms with van der Waals surface area (Å²) in [7, 11) is 0. The van der Waals surface area contributed by atoms with Gasteiger partial charge in [0, 0.05) is 24.4 Å². The molecular formula is C11H12F2N4O. The number of rotatable bonds is 4. The van der Waals surface area contributed by atoms with Crippen molar-refractivity contribution in [1.82, 2.24) is 15.0 Å². The average molecular weight is 254 g/mol. The van der Waals surface area contributed by atoms with E-state index in [4.69, 9.17) is 5.73 Å². The fraction of sp³-hybridized carbons (Fsp3) is 0.273. The number of hydrogen-bond donors (Lipinski definition) is 2. The van der Waals surface area contributed by atoms with E-state index in [1.54, 1.807) is 0 Å². The Morgan fingerprint density at radius 2 is 2.17 bits per heavy atom. The lowest BCUT2D eigenvalue weighted by atomic mass is 9.93. The van der Waals surface area contributed by atoms with Crippen LogP contribution in [0.15, 0.2) is 30.6 Å². The molecule has 0 bridgehead atoms. The normalized spacial score (nSPS) is 14.4. The van der Waals surface area contributed by atoms with Crippen molar-refractivity contribution in [1.29, 1.82) is 0 Å². The van der Waals surface area contributed by atoms with Crippen LogP contribution in [0, 0.1) is 11.6 Å². The summed E-state index contributed by atoms with van der Waals surface area (Å²) in [5.41, 5.74) is 3.76. The molecule has 1 aromatic carbocycles. The summed E-state index contributed by atoms with van der Waals surface area (Å²) in [6, 6.07) is 2.95. The zero-order valence-electron chi connectivity index (χ0n) is 9.42. The van der Waals surface area contributed by atoms with Gasteiger partial charge in [-0.1, -0.05) is 11.3 Å². The molecule has 0 spiro atoms. The minimum atomic E-state index is -1.66. The zero-order chi connectivity index (χ0) is 13.2. The van der Waals surface area contributed by atoms with Crippen molar-refractivity contribution in [3.05, 3.63) is 47.8 Å². The monoisotopic (exact) mass is 254 g/mol. The Balaban J connectivity index is 2.36. The van der Waals surface area contributed by atoms with E-state index in [1.165, 1.54) is 23.1 Å².